The van der Waals surface area contributed by atoms with Crippen molar-refractivity contribution in [3.8, 4) is 0 Å². The standard InChI is InChI=1S/C8H10F2O/c9-6(10)8(5-11)3-7(4-8)1-2-7/h5-6H,1-4H2. The Hall–Kier alpha value is -0.470. The molecule has 62 valence electrons. The van der Waals surface area contributed by atoms with Crippen LogP contribution in [0.3, 0.4) is 0 Å². The summed E-state index contributed by atoms with van der Waals surface area (Å²) in [5.74, 6) is 0. The van der Waals surface area contributed by atoms with E-state index in [0.29, 0.717) is 19.1 Å². The van der Waals surface area contributed by atoms with E-state index in [1.807, 2.05) is 0 Å². The molecule has 0 aliphatic heterocycles. The van der Waals surface area contributed by atoms with Crippen molar-refractivity contribution in [2.45, 2.75) is 32.1 Å². The number of hydrogen-bond donors (Lipinski definition) is 0. The summed E-state index contributed by atoms with van der Waals surface area (Å²) in [5.41, 5.74) is -1.08. The fourth-order valence-corrected chi connectivity index (χ4v) is 2.16. The van der Waals surface area contributed by atoms with E-state index in [0.717, 1.165) is 12.8 Å². The Bertz CT molecular complexity index is 188. The van der Waals surface area contributed by atoms with Crippen LogP contribution in [0, 0.1) is 10.8 Å². The highest BCUT2D eigenvalue weighted by Gasteiger charge is 2.64. The summed E-state index contributed by atoms with van der Waals surface area (Å²) in [5, 5.41) is 0. The maximum absolute atomic E-state index is 12.3. The fraction of sp³-hybridized carbons (Fsp3) is 0.875. The van der Waals surface area contributed by atoms with Gasteiger partial charge in [0, 0.05) is 0 Å². The van der Waals surface area contributed by atoms with Gasteiger partial charge in [0.05, 0.1) is 5.41 Å². The third-order valence-electron chi connectivity index (χ3n) is 3.03. The zero-order chi connectivity index (χ0) is 8.11. The molecule has 2 aliphatic rings. The van der Waals surface area contributed by atoms with Gasteiger partial charge in [-0.3, -0.25) is 0 Å². The molecule has 0 aromatic heterocycles. The zero-order valence-electron chi connectivity index (χ0n) is 6.15. The van der Waals surface area contributed by atoms with Gasteiger partial charge >= 0.3 is 0 Å². The van der Waals surface area contributed by atoms with Crippen LogP contribution >= 0.6 is 0 Å². The number of halogens is 2. The van der Waals surface area contributed by atoms with Gasteiger partial charge in [-0.25, -0.2) is 8.78 Å². The van der Waals surface area contributed by atoms with Crippen molar-refractivity contribution in [1.82, 2.24) is 0 Å². The van der Waals surface area contributed by atoms with Crippen molar-refractivity contribution in [2.24, 2.45) is 10.8 Å². The molecule has 0 unspecified atom stereocenters. The number of hydrogen-bond acceptors (Lipinski definition) is 1. The maximum Gasteiger partial charge on any atom is 0.250 e. The van der Waals surface area contributed by atoms with Crippen LogP contribution in [0.5, 0.6) is 0 Å². The SMILES string of the molecule is O=CC1(C(F)F)CC2(CC2)C1. The maximum atomic E-state index is 12.3. The Labute approximate surface area is 63.8 Å². The second kappa shape index (κ2) is 1.82. The summed E-state index contributed by atoms with van der Waals surface area (Å²) >= 11 is 0. The molecular formula is C8H10F2O. The van der Waals surface area contributed by atoms with Crippen molar-refractivity contribution < 1.29 is 13.6 Å². The van der Waals surface area contributed by atoms with E-state index < -0.39 is 11.8 Å². The van der Waals surface area contributed by atoms with Crippen molar-refractivity contribution in [1.29, 1.82) is 0 Å². The lowest BCUT2D eigenvalue weighted by Crippen LogP contribution is -2.45. The first kappa shape index (κ1) is 7.19. The predicted molar refractivity (Wildman–Crippen MR) is 35.4 cm³/mol. The minimum atomic E-state index is -2.45. The summed E-state index contributed by atoms with van der Waals surface area (Å²) in [4.78, 5) is 10.4. The van der Waals surface area contributed by atoms with Gasteiger partial charge in [0.1, 0.15) is 6.29 Å². The molecule has 1 spiro atoms. The Kier molecular flexibility index (Phi) is 1.19. The molecular weight excluding hydrogens is 150 g/mol. The molecule has 0 aromatic carbocycles. The van der Waals surface area contributed by atoms with Crippen LogP contribution in [0.15, 0.2) is 0 Å². The molecule has 0 radical (unpaired) electrons. The van der Waals surface area contributed by atoms with Crippen LogP contribution < -0.4 is 0 Å². The number of carbonyl (C=O) groups excluding carboxylic acids is 1. The quantitative estimate of drug-likeness (QED) is 0.565. The second-order valence-corrected chi connectivity index (χ2v) is 4.01. The van der Waals surface area contributed by atoms with Gasteiger partial charge in [-0.1, -0.05) is 0 Å². The highest BCUT2D eigenvalue weighted by molar-refractivity contribution is 5.63. The van der Waals surface area contributed by atoms with E-state index in [2.05, 4.69) is 0 Å². The first-order valence-corrected chi connectivity index (χ1v) is 3.87. The molecule has 2 fully saturated rings. The van der Waals surface area contributed by atoms with Gasteiger partial charge < -0.3 is 4.79 Å². The molecule has 11 heavy (non-hydrogen) atoms. The first-order chi connectivity index (χ1) is 5.13. The molecule has 0 atom stereocenters. The molecule has 1 nitrogen and oxygen atoms in total. The summed E-state index contributed by atoms with van der Waals surface area (Å²) in [6.07, 6.45) is 0.972. The van der Waals surface area contributed by atoms with Crippen LogP contribution in [-0.4, -0.2) is 12.7 Å². The molecule has 0 N–H and O–H groups in total. The van der Waals surface area contributed by atoms with E-state index in [1.165, 1.54) is 0 Å². The van der Waals surface area contributed by atoms with Gasteiger partial charge in [-0.2, -0.15) is 0 Å². The van der Waals surface area contributed by atoms with E-state index in [1.54, 1.807) is 0 Å². The molecule has 2 rings (SSSR count). The van der Waals surface area contributed by atoms with E-state index in [9.17, 15) is 13.6 Å². The third-order valence-corrected chi connectivity index (χ3v) is 3.03. The van der Waals surface area contributed by atoms with E-state index in [-0.39, 0.29) is 5.41 Å². The lowest BCUT2D eigenvalue weighted by atomic mass is 9.60. The molecule has 0 bridgehead atoms. The summed E-state index contributed by atoms with van der Waals surface area (Å²) in [6, 6.07) is 0. The second-order valence-electron chi connectivity index (χ2n) is 4.01. The van der Waals surface area contributed by atoms with Crippen LogP contribution in [0.4, 0.5) is 8.78 Å². The Balaban J connectivity index is 2.05. The minimum absolute atomic E-state index is 0.178. The average molecular weight is 160 g/mol. The van der Waals surface area contributed by atoms with Crippen molar-refractivity contribution in [3.05, 3.63) is 0 Å². The predicted octanol–water partition coefficient (Wildman–Crippen LogP) is 2.01. The normalized spacial score (nSPS) is 30.1. The topological polar surface area (TPSA) is 17.1 Å². The highest BCUT2D eigenvalue weighted by Crippen LogP contribution is 2.69. The van der Waals surface area contributed by atoms with Gasteiger partial charge in [0.25, 0.3) is 6.43 Å². The fourth-order valence-electron chi connectivity index (χ4n) is 2.16. The number of aldehydes is 1. The largest absolute Gasteiger partial charge is 0.303 e. The monoisotopic (exact) mass is 160 g/mol. The molecule has 0 aromatic rings. The summed E-state index contributed by atoms with van der Waals surface area (Å²) < 4.78 is 24.6. The lowest BCUT2D eigenvalue weighted by Gasteiger charge is -2.43. The van der Waals surface area contributed by atoms with Crippen molar-refractivity contribution in [3.63, 3.8) is 0 Å². The number of alkyl halides is 2. The Morgan fingerprint density at radius 2 is 1.82 bits per heavy atom. The first-order valence-electron chi connectivity index (χ1n) is 3.87. The highest BCUT2D eigenvalue weighted by atomic mass is 19.3. The molecule has 0 amide bonds. The van der Waals surface area contributed by atoms with E-state index >= 15 is 0 Å². The molecule has 0 heterocycles. The summed E-state index contributed by atoms with van der Waals surface area (Å²) in [7, 11) is 0. The Morgan fingerprint density at radius 3 is 2.09 bits per heavy atom. The molecule has 2 saturated carbocycles. The summed E-state index contributed by atoms with van der Waals surface area (Å²) in [6.45, 7) is 0. The molecule has 2 aliphatic carbocycles. The van der Waals surface area contributed by atoms with Gasteiger partial charge in [-0.15, -0.1) is 0 Å². The van der Waals surface area contributed by atoms with E-state index in [4.69, 9.17) is 0 Å². The van der Waals surface area contributed by atoms with Crippen LogP contribution in [-0.2, 0) is 4.79 Å². The molecule has 3 heteroatoms. The van der Waals surface area contributed by atoms with Gasteiger partial charge in [0.15, 0.2) is 0 Å². The smallest absolute Gasteiger partial charge is 0.250 e. The molecule has 0 saturated heterocycles. The lowest BCUT2D eigenvalue weighted by molar-refractivity contribution is -0.144. The Morgan fingerprint density at radius 1 is 1.27 bits per heavy atom. The van der Waals surface area contributed by atoms with Crippen LogP contribution in [0.2, 0.25) is 0 Å². The minimum Gasteiger partial charge on any atom is -0.303 e. The van der Waals surface area contributed by atoms with Gasteiger partial charge in [-0.05, 0) is 31.1 Å². The average Bonchev–Trinajstić information content (AvgIpc) is 2.61. The zero-order valence-corrected chi connectivity index (χ0v) is 6.15. The van der Waals surface area contributed by atoms with Crippen LogP contribution in [0.25, 0.3) is 0 Å². The number of rotatable bonds is 2. The van der Waals surface area contributed by atoms with Crippen molar-refractivity contribution >= 4 is 6.29 Å². The van der Waals surface area contributed by atoms with Crippen molar-refractivity contribution in [2.75, 3.05) is 0 Å². The van der Waals surface area contributed by atoms with Crippen LogP contribution in [0.1, 0.15) is 25.7 Å². The third kappa shape index (κ3) is 0.829. The van der Waals surface area contributed by atoms with Gasteiger partial charge in [0.2, 0.25) is 0 Å². The number of carbonyl (C=O) groups is 1.